The van der Waals surface area contributed by atoms with Crippen LogP contribution in [0.2, 0.25) is 0 Å². The standard InChI is InChI=1S/C21H21N3O3/c1-27-16-11-6-5-10-15(16)18-17-19(23-13-7-12-22(18)23)21(26)24(20(17)25)14-8-3-2-4-9-14/h2-6,8-11,17-19H,7,12-13H2,1H3/t17-,18-,19-/m0/s1. The number of imide groups is 1. The van der Waals surface area contributed by atoms with Crippen LogP contribution in [0.5, 0.6) is 5.75 Å². The Balaban J connectivity index is 1.62. The third kappa shape index (κ3) is 2.27. The molecule has 2 amide bonds. The first-order valence-corrected chi connectivity index (χ1v) is 9.31. The van der Waals surface area contributed by atoms with Crippen LogP contribution in [-0.2, 0) is 9.59 Å². The van der Waals surface area contributed by atoms with Crippen molar-refractivity contribution in [3.05, 3.63) is 60.2 Å². The zero-order chi connectivity index (χ0) is 18.5. The molecule has 0 unspecified atom stereocenters. The second kappa shape index (κ2) is 6.18. The molecule has 3 atom stereocenters. The van der Waals surface area contributed by atoms with E-state index >= 15 is 0 Å². The molecule has 2 aromatic carbocycles. The Morgan fingerprint density at radius 2 is 1.52 bits per heavy atom. The summed E-state index contributed by atoms with van der Waals surface area (Å²) in [6.07, 6.45) is 0.988. The van der Waals surface area contributed by atoms with E-state index in [0.29, 0.717) is 5.69 Å². The van der Waals surface area contributed by atoms with Crippen LogP contribution in [0.1, 0.15) is 18.0 Å². The number of amides is 2. The van der Waals surface area contributed by atoms with Crippen molar-refractivity contribution >= 4 is 17.5 Å². The minimum absolute atomic E-state index is 0.124. The second-order valence-electron chi connectivity index (χ2n) is 7.18. The molecular formula is C21H21N3O3. The van der Waals surface area contributed by atoms with Crippen LogP contribution in [0.15, 0.2) is 54.6 Å². The van der Waals surface area contributed by atoms with Crippen LogP contribution in [0, 0.1) is 5.92 Å². The first-order chi connectivity index (χ1) is 13.2. The Morgan fingerprint density at radius 1 is 0.852 bits per heavy atom. The predicted octanol–water partition coefficient (Wildman–Crippen LogP) is 2.23. The van der Waals surface area contributed by atoms with Gasteiger partial charge in [-0.05, 0) is 24.6 Å². The molecule has 0 N–H and O–H groups in total. The smallest absolute Gasteiger partial charge is 0.253 e. The lowest BCUT2D eigenvalue weighted by molar-refractivity contribution is -0.126. The van der Waals surface area contributed by atoms with Gasteiger partial charge in [0.2, 0.25) is 5.91 Å². The number of rotatable bonds is 3. The Labute approximate surface area is 157 Å². The van der Waals surface area contributed by atoms with Crippen molar-refractivity contribution in [2.24, 2.45) is 5.92 Å². The van der Waals surface area contributed by atoms with Gasteiger partial charge in [-0.15, -0.1) is 0 Å². The van der Waals surface area contributed by atoms with Gasteiger partial charge in [0.1, 0.15) is 11.8 Å². The van der Waals surface area contributed by atoms with Crippen LogP contribution in [0.25, 0.3) is 0 Å². The average Bonchev–Trinajstić information content (AvgIpc) is 3.34. The fraction of sp³-hybridized carbons (Fsp3) is 0.333. The number of methoxy groups -OCH3 is 1. The van der Waals surface area contributed by atoms with E-state index in [4.69, 9.17) is 4.74 Å². The molecule has 0 bridgehead atoms. The van der Waals surface area contributed by atoms with Crippen LogP contribution < -0.4 is 9.64 Å². The normalized spacial score (nSPS) is 27.9. The van der Waals surface area contributed by atoms with Crippen LogP contribution in [-0.4, -0.2) is 48.1 Å². The molecule has 0 spiro atoms. The monoisotopic (exact) mass is 363 g/mol. The summed E-state index contributed by atoms with van der Waals surface area (Å²) in [5, 5.41) is 4.30. The van der Waals surface area contributed by atoms with Crippen molar-refractivity contribution in [2.45, 2.75) is 18.5 Å². The topological polar surface area (TPSA) is 53.1 Å². The molecule has 0 saturated carbocycles. The van der Waals surface area contributed by atoms with Crippen molar-refractivity contribution in [2.75, 3.05) is 25.1 Å². The van der Waals surface area contributed by atoms with Gasteiger partial charge in [-0.3, -0.25) is 9.59 Å². The molecule has 3 aliphatic rings. The number of benzene rings is 2. The van der Waals surface area contributed by atoms with Gasteiger partial charge >= 0.3 is 0 Å². The zero-order valence-corrected chi connectivity index (χ0v) is 15.1. The average molecular weight is 363 g/mol. The van der Waals surface area contributed by atoms with E-state index < -0.39 is 12.0 Å². The van der Waals surface area contributed by atoms with Gasteiger partial charge in [0.05, 0.1) is 24.8 Å². The molecule has 6 nitrogen and oxygen atoms in total. The largest absolute Gasteiger partial charge is 0.496 e. The first kappa shape index (κ1) is 16.5. The zero-order valence-electron chi connectivity index (χ0n) is 15.1. The summed E-state index contributed by atoms with van der Waals surface area (Å²) in [6, 6.07) is 16.4. The molecule has 27 heavy (non-hydrogen) atoms. The maximum atomic E-state index is 13.4. The van der Waals surface area contributed by atoms with E-state index in [1.807, 2.05) is 54.6 Å². The van der Waals surface area contributed by atoms with Crippen molar-refractivity contribution in [3.63, 3.8) is 0 Å². The van der Waals surface area contributed by atoms with Crippen molar-refractivity contribution in [1.29, 1.82) is 0 Å². The summed E-state index contributed by atoms with van der Waals surface area (Å²) in [5.41, 5.74) is 1.61. The van der Waals surface area contributed by atoms with E-state index in [9.17, 15) is 9.59 Å². The summed E-state index contributed by atoms with van der Waals surface area (Å²) < 4.78 is 5.57. The number of hydrazine groups is 1. The minimum Gasteiger partial charge on any atom is -0.496 e. The van der Waals surface area contributed by atoms with E-state index in [-0.39, 0.29) is 17.9 Å². The Bertz CT molecular complexity index is 901. The quantitative estimate of drug-likeness (QED) is 0.783. The number of carbonyl (C=O) groups excluding carboxylic acids is 2. The van der Waals surface area contributed by atoms with Crippen LogP contribution in [0.3, 0.4) is 0 Å². The molecule has 2 aromatic rings. The second-order valence-corrected chi connectivity index (χ2v) is 7.18. The van der Waals surface area contributed by atoms with Crippen molar-refractivity contribution in [1.82, 2.24) is 10.0 Å². The summed E-state index contributed by atoms with van der Waals surface area (Å²) >= 11 is 0. The molecule has 0 aromatic heterocycles. The van der Waals surface area contributed by atoms with Gasteiger partial charge in [-0.1, -0.05) is 36.4 Å². The van der Waals surface area contributed by atoms with Gasteiger partial charge in [0.25, 0.3) is 5.91 Å². The van der Waals surface area contributed by atoms with E-state index in [2.05, 4.69) is 10.0 Å². The third-order valence-electron chi connectivity index (χ3n) is 5.88. The molecular weight excluding hydrogens is 342 g/mol. The SMILES string of the molecule is COc1ccccc1[C@H]1[C@@H]2C(=O)N(c3ccccc3)C(=O)[C@H]2N2CCCN12. The predicted molar refractivity (Wildman–Crippen MR) is 100.0 cm³/mol. The number of hydrogen-bond acceptors (Lipinski definition) is 5. The maximum Gasteiger partial charge on any atom is 0.253 e. The molecule has 3 saturated heterocycles. The van der Waals surface area contributed by atoms with Gasteiger partial charge in [-0.25, -0.2) is 14.9 Å². The molecule has 6 heteroatoms. The van der Waals surface area contributed by atoms with Crippen molar-refractivity contribution in [3.8, 4) is 5.75 Å². The number of fused-ring (bicyclic) bond motifs is 3. The summed E-state index contributed by atoms with van der Waals surface area (Å²) in [7, 11) is 1.64. The highest BCUT2D eigenvalue weighted by Gasteiger charge is 2.63. The lowest BCUT2D eigenvalue weighted by Gasteiger charge is -2.30. The van der Waals surface area contributed by atoms with Crippen LogP contribution >= 0.6 is 0 Å². The fourth-order valence-corrected chi connectivity index (χ4v) is 4.83. The molecule has 3 heterocycles. The number of ether oxygens (including phenoxy) is 1. The van der Waals surface area contributed by atoms with Gasteiger partial charge < -0.3 is 4.74 Å². The van der Waals surface area contributed by atoms with Crippen molar-refractivity contribution < 1.29 is 14.3 Å². The Hall–Kier alpha value is -2.70. The van der Waals surface area contributed by atoms with E-state index in [0.717, 1.165) is 30.8 Å². The number of nitrogens with zero attached hydrogens (tertiary/aromatic N) is 3. The van der Waals surface area contributed by atoms with Gasteiger partial charge in [0.15, 0.2) is 0 Å². The molecule has 0 radical (unpaired) electrons. The molecule has 5 rings (SSSR count). The first-order valence-electron chi connectivity index (χ1n) is 9.31. The lowest BCUT2D eigenvalue weighted by atomic mass is 9.89. The molecule has 3 aliphatic heterocycles. The number of para-hydroxylation sites is 2. The Morgan fingerprint density at radius 3 is 2.26 bits per heavy atom. The van der Waals surface area contributed by atoms with Gasteiger partial charge in [-0.2, -0.15) is 0 Å². The summed E-state index contributed by atoms with van der Waals surface area (Å²) in [4.78, 5) is 28.1. The highest BCUT2D eigenvalue weighted by molar-refractivity contribution is 6.24. The van der Waals surface area contributed by atoms with Gasteiger partial charge in [0, 0.05) is 18.7 Å². The molecule has 3 fully saturated rings. The molecule has 0 aliphatic carbocycles. The number of anilines is 1. The highest BCUT2D eigenvalue weighted by Crippen LogP contribution is 2.50. The number of carbonyl (C=O) groups is 2. The minimum atomic E-state index is -0.435. The van der Waals surface area contributed by atoms with E-state index in [1.54, 1.807) is 7.11 Å². The highest BCUT2D eigenvalue weighted by atomic mass is 16.5. The fourth-order valence-electron chi connectivity index (χ4n) is 4.83. The number of hydrogen-bond donors (Lipinski definition) is 0. The third-order valence-corrected chi connectivity index (χ3v) is 5.88. The maximum absolute atomic E-state index is 13.4. The van der Waals surface area contributed by atoms with Crippen LogP contribution in [0.4, 0.5) is 5.69 Å². The summed E-state index contributed by atoms with van der Waals surface area (Å²) in [6.45, 7) is 1.65. The Kier molecular flexibility index (Phi) is 3.77. The van der Waals surface area contributed by atoms with E-state index in [1.165, 1.54) is 4.90 Å². The summed E-state index contributed by atoms with van der Waals surface area (Å²) in [5.74, 6) is 0.0877. The molecule has 138 valence electrons. The lowest BCUT2D eigenvalue weighted by Crippen LogP contribution is -2.44.